The van der Waals surface area contributed by atoms with Gasteiger partial charge in [-0.3, -0.25) is 9.59 Å². The lowest BCUT2D eigenvalue weighted by Crippen LogP contribution is -2.41. The van der Waals surface area contributed by atoms with Gasteiger partial charge >= 0.3 is 5.97 Å². The number of carbonyl (C=O) groups excluding carboxylic acids is 2. The van der Waals surface area contributed by atoms with Crippen LogP contribution >= 0.6 is 11.8 Å². The molecular formula is C18H25NO3S. The van der Waals surface area contributed by atoms with E-state index < -0.39 is 6.10 Å². The summed E-state index contributed by atoms with van der Waals surface area (Å²) in [5.74, 6) is -0.340. The van der Waals surface area contributed by atoms with Crippen molar-refractivity contribution in [1.82, 2.24) is 5.32 Å². The van der Waals surface area contributed by atoms with Crippen molar-refractivity contribution in [3.8, 4) is 0 Å². The molecule has 1 aliphatic rings. The predicted molar refractivity (Wildman–Crippen MR) is 92.6 cm³/mol. The highest BCUT2D eigenvalue weighted by molar-refractivity contribution is 8.00. The lowest BCUT2D eigenvalue weighted by molar-refractivity contribution is -0.152. The molecule has 0 radical (unpaired) electrons. The standard InChI is InChI=1S/C18H25NO3S/c1-12-8-9-16(10-13(12)2)23-11-17(20)22-14(3)18(21)19-15-6-4-5-7-15/h8-10,14-15H,4-7,11H2,1-3H3,(H,19,21)/t14-/m1/s1. The maximum Gasteiger partial charge on any atom is 0.317 e. The first kappa shape index (κ1) is 17.9. The van der Waals surface area contributed by atoms with Gasteiger partial charge in [-0.15, -0.1) is 11.8 Å². The summed E-state index contributed by atoms with van der Waals surface area (Å²) in [7, 11) is 0. The minimum absolute atomic E-state index is 0.193. The lowest BCUT2D eigenvalue weighted by Gasteiger charge is -2.17. The van der Waals surface area contributed by atoms with E-state index in [-0.39, 0.29) is 23.7 Å². The van der Waals surface area contributed by atoms with E-state index in [0.717, 1.165) is 30.6 Å². The van der Waals surface area contributed by atoms with E-state index in [1.54, 1.807) is 6.92 Å². The average Bonchev–Trinajstić information content (AvgIpc) is 3.01. The molecular weight excluding hydrogens is 310 g/mol. The predicted octanol–water partition coefficient (Wildman–Crippen LogP) is 3.39. The smallest absolute Gasteiger partial charge is 0.317 e. The molecule has 1 amide bonds. The Hall–Kier alpha value is -1.49. The molecule has 1 aromatic rings. The quantitative estimate of drug-likeness (QED) is 0.639. The Balaban J connectivity index is 1.74. The molecule has 0 saturated heterocycles. The highest BCUT2D eigenvalue weighted by Gasteiger charge is 2.22. The lowest BCUT2D eigenvalue weighted by atomic mass is 10.1. The second-order valence-corrected chi connectivity index (χ2v) is 7.21. The van der Waals surface area contributed by atoms with E-state index in [0.29, 0.717) is 0 Å². The van der Waals surface area contributed by atoms with Gasteiger partial charge in [-0.1, -0.05) is 18.9 Å². The van der Waals surface area contributed by atoms with Crippen LogP contribution in [-0.2, 0) is 14.3 Å². The third kappa shape index (κ3) is 5.57. The molecule has 0 heterocycles. The molecule has 0 unspecified atom stereocenters. The number of nitrogens with one attached hydrogen (secondary N) is 1. The first-order valence-corrected chi connectivity index (χ1v) is 9.14. The van der Waals surface area contributed by atoms with E-state index >= 15 is 0 Å². The maximum absolute atomic E-state index is 12.0. The molecule has 0 spiro atoms. The van der Waals surface area contributed by atoms with Crippen LogP contribution in [0.1, 0.15) is 43.7 Å². The minimum Gasteiger partial charge on any atom is -0.452 e. The Labute approximate surface area is 142 Å². The van der Waals surface area contributed by atoms with Crippen LogP contribution in [0.2, 0.25) is 0 Å². The van der Waals surface area contributed by atoms with Gasteiger partial charge in [-0.2, -0.15) is 0 Å². The molecule has 1 fully saturated rings. The summed E-state index contributed by atoms with van der Waals surface area (Å²) in [4.78, 5) is 24.9. The summed E-state index contributed by atoms with van der Waals surface area (Å²) in [5, 5.41) is 2.95. The average molecular weight is 335 g/mol. The zero-order chi connectivity index (χ0) is 16.8. The zero-order valence-electron chi connectivity index (χ0n) is 14.1. The molecule has 1 N–H and O–H groups in total. The first-order valence-electron chi connectivity index (χ1n) is 8.15. The number of esters is 1. The van der Waals surface area contributed by atoms with Gasteiger partial charge in [0.15, 0.2) is 6.10 Å². The van der Waals surface area contributed by atoms with Crippen LogP contribution in [0.5, 0.6) is 0 Å². The van der Waals surface area contributed by atoms with Crippen molar-refractivity contribution in [1.29, 1.82) is 0 Å². The van der Waals surface area contributed by atoms with Gasteiger partial charge < -0.3 is 10.1 Å². The Bertz CT molecular complexity index is 567. The topological polar surface area (TPSA) is 55.4 Å². The number of rotatable bonds is 6. The van der Waals surface area contributed by atoms with Crippen molar-refractivity contribution in [2.24, 2.45) is 0 Å². The van der Waals surface area contributed by atoms with Crippen molar-refractivity contribution in [2.75, 3.05) is 5.75 Å². The van der Waals surface area contributed by atoms with Gasteiger partial charge in [-0.05, 0) is 56.9 Å². The summed E-state index contributed by atoms with van der Waals surface area (Å²) in [6, 6.07) is 6.34. The molecule has 5 heteroatoms. The van der Waals surface area contributed by atoms with Crippen LogP contribution in [0, 0.1) is 13.8 Å². The van der Waals surface area contributed by atoms with Gasteiger partial charge in [0.1, 0.15) is 0 Å². The van der Waals surface area contributed by atoms with Gasteiger partial charge in [0.2, 0.25) is 0 Å². The van der Waals surface area contributed by atoms with Gasteiger partial charge in [0, 0.05) is 10.9 Å². The molecule has 126 valence electrons. The van der Waals surface area contributed by atoms with E-state index in [4.69, 9.17) is 4.74 Å². The first-order chi connectivity index (χ1) is 11.0. The highest BCUT2D eigenvalue weighted by Crippen LogP contribution is 2.21. The van der Waals surface area contributed by atoms with Gasteiger partial charge in [0.05, 0.1) is 5.75 Å². The van der Waals surface area contributed by atoms with Crippen LogP contribution in [0.3, 0.4) is 0 Å². The number of benzene rings is 1. The Morgan fingerprint density at radius 3 is 2.61 bits per heavy atom. The van der Waals surface area contributed by atoms with Gasteiger partial charge in [0.25, 0.3) is 5.91 Å². The normalized spacial score (nSPS) is 16.1. The molecule has 0 aliphatic heterocycles. The highest BCUT2D eigenvalue weighted by atomic mass is 32.2. The Morgan fingerprint density at radius 2 is 1.96 bits per heavy atom. The SMILES string of the molecule is Cc1ccc(SCC(=O)O[C@H](C)C(=O)NC2CCCC2)cc1C. The van der Waals surface area contributed by atoms with Gasteiger partial charge in [-0.25, -0.2) is 0 Å². The summed E-state index contributed by atoms with van der Waals surface area (Å²) in [6.07, 6.45) is 3.63. The van der Waals surface area contributed by atoms with E-state index in [1.165, 1.54) is 22.9 Å². The summed E-state index contributed by atoms with van der Waals surface area (Å²) >= 11 is 1.43. The van der Waals surface area contributed by atoms with Crippen LogP contribution in [0.4, 0.5) is 0 Å². The Morgan fingerprint density at radius 1 is 1.26 bits per heavy atom. The molecule has 0 aromatic heterocycles. The van der Waals surface area contributed by atoms with Crippen molar-refractivity contribution in [3.05, 3.63) is 29.3 Å². The van der Waals surface area contributed by atoms with Crippen LogP contribution in [0.15, 0.2) is 23.1 Å². The fourth-order valence-corrected chi connectivity index (χ4v) is 3.40. The fraction of sp³-hybridized carbons (Fsp3) is 0.556. The zero-order valence-corrected chi connectivity index (χ0v) is 14.9. The van der Waals surface area contributed by atoms with Crippen molar-refractivity contribution in [3.63, 3.8) is 0 Å². The van der Waals surface area contributed by atoms with Crippen LogP contribution in [-0.4, -0.2) is 29.8 Å². The third-order valence-corrected chi connectivity index (χ3v) is 5.18. The van der Waals surface area contributed by atoms with Crippen molar-refractivity contribution >= 4 is 23.6 Å². The van der Waals surface area contributed by atoms with Crippen molar-refractivity contribution in [2.45, 2.75) is 63.5 Å². The van der Waals surface area contributed by atoms with E-state index in [1.807, 2.05) is 19.1 Å². The van der Waals surface area contributed by atoms with Crippen molar-refractivity contribution < 1.29 is 14.3 Å². The molecule has 4 nitrogen and oxygen atoms in total. The Kier molecular flexibility index (Phi) is 6.51. The molecule has 1 atom stereocenters. The largest absolute Gasteiger partial charge is 0.452 e. The second kappa shape index (κ2) is 8.39. The fourth-order valence-electron chi connectivity index (χ4n) is 2.62. The summed E-state index contributed by atoms with van der Waals surface area (Å²) < 4.78 is 5.23. The van der Waals surface area contributed by atoms with Crippen LogP contribution in [0.25, 0.3) is 0 Å². The molecule has 1 aromatic carbocycles. The number of ether oxygens (including phenoxy) is 1. The third-order valence-electron chi connectivity index (χ3n) is 4.21. The number of hydrogen-bond acceptors (Lipinski definition) is 4. The van der Waals surface area contributed by atoms with Crippen LogP contribution < -0.4 is 5.32 Å². The number of carbonyl (C=O) groups is 2. The summed E-state index contributed by atoms with van der Waals surface area (Å²) in [6.45, 7) is 5.73. The van der Waals surface area contributed by atoms with E-state index in [9.17, 15) is 9.59 Å². The minimum atomic E-state index is -0.733. The number of amides is 1. The molecule has 1 aliphatic carbocycles. The number of hydrogen-bond donors (Lipinski definition) is 1. The molecule has 23 heavy (non-hydrogen) atoms. The molecule has 1 saturated carbocycles. The number of aryl methyl sites for hydroxylation is 2. The monoisotopic (exact) mass is 335 g/mol. The van der Waals surface area contributed by atoms with E-state index in [2.05, 4.69) is 18.3 Å². The maximum atomic E-state index is 12.0. The molecule has 2 rings (SSSR count). The second-order valence-electron chi connectivity index (χ2n) is 6.16. The number of thioether (sulfide) groups is 1. The molecule has 0 bridgehead atoms. The summed E-state index contributed by atoms with van der Waals surface area (Å²) in [5.41, 5.74) is 2.43.